The Hall–Kier alpha value is -1.91. The monoisotopic (exact) mass is 395 g/mol. The van der Waals surface area contributed by atoms with Gasteiger partial charge < -0.3 is 20.5 Å². The Labute approximate surface area is 161 Å². The highest BCUT2D eigenvalue weighted by atomic mass is 31.1. The molecular formula is C20H30NO5P. The van der Waals surface area contributed by atoms with Crippen LogP contribution >= 0.6 is 8.46 Å². The highest BCUT2D eigenvalue weighted by Crippen LogP contribution is 2.38. The standard InChI is InChI=1S/C20H30NO5P/c1-13(11-14-5-7-15(8-6-14)19(2,3)4)12-20(25,27-26)16(18(23)24)9-10-17(21)22/h5-8,11,16,25H,9-10,12,27H2,1-4H3,(H2,21,22)(H,23,24)/b13-11+. The van der Waals surface area contributed by atoms with Crippen molar-refractivity contribution in [3.05, 3.63) is 41.0 Å². The van der Waals surface area contributed by atoms with Gasteiger partial charge in [-0.2, -0.15) is 0 Å². The maximum absolute atomic E-state index is 11.7. The molecule has 1 aromatic carbocycles. The number of aliphatic hydroxyl groups is 1. The molecule has 0 radical (unpaired) electrons. The van der Waals surface area contributed by atoms with Crippen molar-refractivity contribution in [2.45, 2.75) is 57.7 Å². The van der Waals surface area contributed by atoms with Crippen molar-refractivity contribution >= 4 is 26.4 Å². The molecule has 0 aliphatic rings. The minimum Gasteiger partial charge on any atom is -0.481 e. The fourth-order valence-electron chi connectivity index (χ4n) is 2.98. The minimum atomic E-state index is -1.90. The first-order valence-electron chi connectivity index (χ1n) is 8.86. The summed E-state index contributed by atoms with van der Waals surface area (Å²) in [7, 11) is -1.79. The Morgan fingerprint density at radius 3 is 2.19 bits per heavy atom. The lowest BCUT2D eigenvalue weighted by Gasteiger charge is -2.29. The molecule has 7 heteroatoms. The van der Waals surface area contributed by atoms with Gasteiger partial charge in [-0.05, 0) is 29.9 Å². The zero-order chi connectivity index (χ0) is 20.8. The molecule has 1 rings (SSSR count). The highest BCUT2D eigenvalue weighted by Gasteiger charge is 2.41. The van der Waals surface area contributed by atoms with E-state index in [1.54, 1.807) is 6.92 Å². The molecule has 0 spiro atoms. The van der Waals surface area contributed by atoms with Crippen molar-refractivity contribution < 1.29 is 24.4 Å². The third-order valence-electron chi connectivity index (χ3n) is 4.54. The van der Waals surface area contributed by atoms with Crippen molar-refractivity contribution in [3.63, 3.8) is 0 Å². The molecule has 150 valence electrons. The summed E-state index contributed by atoms with van der Waals surface area (Å²) in [5.74, 6) is -3.26. The van der Waals surface area contributed by atoms with Gasteiger partial charge in [0.2, 0.25) is 5.91 Å². The van der Waals surface area contributed by atoms with Gasteiger partial charge in [0.05, 0.1) is 14.4 Å². The van der Waals surface area contributed by atoms with Crippen LogP contribution in [0.25, 0.3) is 6.08 Å². The summed E-state index contributed by atoms with van der Waals surface area (Å²) in [5, 5.41) is 18.2. The Morgan fingerprint density at radius 1 is 1.22 bits per heavy atom. The Kier molecular flexibility index (Phi) is 8.00. The van der Waals surface area contributed by atoms with Crippen LogP contribution in [0.3, 0.4) is 0 Å². The van der Waals surface area contributed by atoms with Gasteiger partial charge in [0.25, 0.3) is 0 Å². The summed E-state index contributed by atoms with van der Waals surface area (Å²) in [4.78, 5) is 22.5. The van der Waals surface area contributed by atoms with Gasteiger partial charge >= 0.3 is 5.97 Å². The molecule has 0 aliphatic heterocycles. The number of benzene rings is 1. The molecule has 27 heavy (non-hydrogen) atoms. The van der Waals surface area contributed by atoms with E-state index in [0.717, 1.165) is 5.56 Å². The van der Waals surface area contributed by atoms with Crippen molar-refractivity contribution in [3.8, 4) is 0 Å². The van der Waals surface area contributed by atoms with Gasteiger partial charge in [-0.3, -0.25) is 9.59 Å². The number of carbonyl (C=O) groups excluding carboxylic acids is 1. The number of carboxylic acid groups (broad SMARTS) is 1. The molecule has 0 aliphatic carbocycles. The predicted octanol–water partition coefficient (Wildman–Crippen LogP) is 3.19. The molecule has 0 aromatic heterocycles. The second kappa shape index (κ2) is 9.34. The average molecular weight is 395 g/mol. The van der Waals surface area contributed by atoms with Crippen molar-refractivity contribution in [2.75, 3.05) is 0 Å². The van der Waals surface area contributed by atoms with E-state index in [-0.39, 0.29) is 24.7 Å². The Bertz CT molecular complexity index is 721. The van der Waals surface area contributed by atoms with Gasteiger partial charge in [-0.1, -0.05) is 56.7 Å². The maximum Gasteiger partial charge on any atom is 0.309 e. The SMILES string of the molecule is C/C(=C\c1ccc(C(C)(C)C)cc1)CC(O)([PH2]=O)C(CCC(N)=O)C(=O)O. The number of hydrogen-bond acceptors (Lipinski definition) is 4. The first-order valence-corrected chi connectivity index (χ1v) is 9.91. The second-order valence-corrected chi connectivity index (χ2v) is 9.28. The topological polar surface area (TPSA) is 118 Å². The van der Waals surface area contributed by atoms with Crippen LogP contribution in [0.5, 0.6) is 0 Å². The van der Waals surface area contributed by atoms with E-state index in [2.05, 4.69) is 20.8 Å². The number of aliphatic carboxylic acids is 1. The van der Waals surface area contributed by atoms with Crippen LogP contribution in [-0.4, -0.2) is 27.4 Å². The summed E-state index contributed by atoms with van der Waals surface area (Å²) in [6, 6.07) is 7.96. The molecule has 1 amide bonds. The Balaban J connectivity index is 3.02. The van der Waals surface area contributed by atoms with Crippen LogP contribution in [0.2, 0.25) is 0 Å². The number of amides is 1. The number of carboxylic acids is 1. The normalized spacial score (nSPS) is 16.3. The van der Waals surface area contributed by atoms with Crippen molar-refractivity contribution in [2.24, 2.45) is 11.7 Å². The van der Waals surface area contributed by atoms with Crippen LogP contribution in [0.15, 0.2) is 29.8 Å². The van der Waals surface area contributed by atoms with E-state index in [9.17, 15) is 24.4 Å². The number of rotatable bonds is 9. The lowest BCUT2D eigenvalue weighted by Crippen LogP contribution is -2.38. The lowest BCUT2D eigenvalue weighted by molar-refractivity contribution is -0.147. The molecule has 0 fully saturated rings. The van der Waals surface area contributed by atoms with Crippen LogP contribution in [-0.2, 0) is 19.6 Å². The molecule has 3 atom stereocenters. The zero-order valence-electron chi connectivity index (χ0n) is 16.4. The van der Waals surface area contributed by atoms with Crippen molar-refractivity contribution in [1.29, 1.82) is 0 Å². The summed E-state index contributed by atoms with van der Waals surface area (Å²) >= 11 is 0. The predicted molar refractivity (Wildman–Crippen MR) is 108 cm³/mol. The molecule has 0 saturated heterocycles. The summed E-state index contributed by atoms with van der Waals surface area (Å²) < 4.78 is 11.7. The fourth-order valence-corrected chi connectivity index (χ4v) is 3.86. The first-order chi connectivity index (χ1) is 12.4. The number of carbonyl (C=O) groups is 2. The van der Waals surface area contributed by atoms with E-state index in [0.29, 0.717) is 5.57 Å². The summed E-state index contributed by atoms with van der Waals surface area (Å²) in [6.07, 6.45) is 1.45. The zero-order valence-corrected chi connectivity index (χ0v) is 17.5. The quantitative estimate of drug-likeness (QED) is 0.555. The van der Waals surface area contributed by atoms with Crippen LogP contribution in [0.1, 0.15) is 58.1 Å². The van der Waals surface area contributed by atoms with Gasteiger partial charge in [-0.15, -0.1) is 0 Å². The van der Waals surface area contributed by atoms with E-state index in [1.165, 1.54) is 5.56 Å². The van der Waals surface area contributed by atoms with Crippen LogP contribution in [0, 0.1) is 5.92 Å². The molecule has 3 unspecified atom stereocenters. The van der Waals surface area contributed by atoms with E-state index < -0.39 is 31.6 Å². The third kappa shape index (κ3) is 6.96. The second-order valence-electron chi connectivity index (χ2n) is 8.04. The van der Waals surface area contributed by atoms with Crippen LogP contribution < -0.4 is 5.73 Å². The first kappa shape index (κ1) is 23.1. The third-order valence-corrected chi connectivity index (χ3v) is 5.55. The molecular weight excluding hydrogens is 365 g/mol. The highest BCUT2D eigenvalue weighted by molar-refractivity contribution is 7.25. The number of hydrogen-bond donors (Lipinski definition) is 3. The van der Waals surface area contributed by atoms with E-state index >= 15 is 0 Å². The van der Waals surface area contributed by atoms with E-state index in [4.69, 9.17) is 5.73 Å². The smallest absolute Gasteiger partial charge is 0.309 e. The Morgan fingerprint density at radius 2 is 1.78 bits per heavy atom. The minimum absolute atomic E-state index is 0.0403. The lowest BCUT2D eigenvalue weighted by atomic mass is 9.86. The van der Waals surface area contributed by atoms with Gasteiger partial charge in [0, 0.05) is 12.8 Å². The van der Waals surface area contributed by atoms with Crippen molar-refractivity contribution in [1.82, 2.24) is 0 Å². The van der Waals surface area contributed by atoms with Gasteiger partial charge in [-0.25, -0.2) is 0 Å². The number of primary amides is 1. The molecule has 0 heterocycles. The van der Waals surface area contributed by atoms with E-state index in [1.807, 2.05) is 30.3 Å². The molecule has 0 saturated carbocycles. The summed E-state index contributed by atoms with van der Waals surface area (Å²) in [5.41, 5.74) is 7.92. The largest absolute Gasteiger partial charge is 0.481 e. The molecule has 6 nitrogen and oxygen atoms in total. The summed E-state index contributed by atoms with van der Waals surface area (Å²) in [6.45, 7) is 8.12. The molecule has 0 bridgehead atoms. The van der Waals surface area contributed by atoms with Crippen LogP contribution in [0.4, 0.5) is 0 Å². The maximum atomic E-state index is 11.7. The van der Waals surface area contributed by atoms with Gasteiger partial charge in [0.1, 0.15) is 5.34 Å². The average Bonchev–Trinajstić information content (AvgIpc) is 2.53. The molecule has 4 N–H and O–H groups in total. The molecule has 1 aromatic rings. The fraction of sp³-hybridized carbons (Fsp3) is 0.500. The number of nitrogens with two attached hydrogens (primary N) is 1. The van der Waals surface area contributed by atoms with Gasteiger partial charge in [0.15, 0.2) is 0 Å².